The van der Waals surface area contributed by atoms with Crippen molar-refractivity contribution in [3.8, 4) is 0 Å². The highest BCUT2D eigenvalue weighted by molar-refractivity contribution is 9.10. The van der Waals surface area contributed by atoms with Gasteiger partial charge in [-0.1, -0.05) is 66.2 Å². The van der Waals surface area contributed by atoms with Crippen molar-refractivity contribution in [3.63, 3.8) is 0 Å². The molecule has 0 radical (unpaired) electrons. The summed E-state index contributed by atoms with van der Waals surface area (Å²) in [7, 11) is 0. The monoisotopic (exact) mass is 654 g/mol. The second-order valence-electron chi connectivity index (χ2n) is 11.0. The number of ether oxygens (including phenoxy) is 1. The van der Waals surface area contributed by atoms with Crippen LogP contribution < -0.4 is 10.2 Å². The molecule has 1 aliphatic heterocycles. The number of halogens is 2. The van der Waals surface area contributed by atoms with E-state index in [9.17, 15) is 19.2 Å². The molecule has 0 spiro atoms. The number of amides is 3. The van der Waals surface area contributed by atoms with Gasteiger partial charge in [-0.15, -0.1) is 0 Å². The normalized spacial score (nSPS) is 21.2. The number of nitrogens with zero attached hydrogens (tertiary/aromatic N) is 1. The van der Waals surface area contributed by atoms with Crippen LogP contribution >= 0.6 is 27.5 Å². The number of esters is 1. The van der Waals surface area contributed by atoms with E-state index in [0.717, 1.165) is 22.3 Å². The van der Waals surface area contributed by atoms with E-state index in [2.05, 4.69) is 45.5 Å². The van der Waals surface area contributed by atoms with Crippen molar-refractivity contribution in [2.45, 2.75) is 18.8 Å². The topological polar surface area (TPSA) is 92.8 Å². The lowest BCUT2D eigenvalue weighted by Gasteiger charge is -2.45. The molecule has 7 nitrogen and oxygen atoms in total. The fourth-order valence-electron chi connectivity index (χ4n) is 6.89. The van der Waals surface area contributed by atoms with Crippen LogP contribution in [0.2, 0.25) is 5.02 Å². The van der Waals surface area contributed by atoms with Crippen LogP contribution in [0.25, 0.3) is 0 Å². The molecule has 3 amide bonds. The minimum atomic E-state index is -0.751. The zero-order valence-corrected chi connectivity index (χ0v) is 25.2. The third-order valence-corrected chi connectivity index (χ3v) is 10.1. The van der Waals surface area contributed by atoms with Crippen molar-refractivity contribution in [1.82, 2.24) is 0 Å². The SMILES string of the molecule is Cc1c(NC(=O)COC(=O)c2cccc(N3C(=O)[C@@H]4C5c6ccccc6C(c6ccccc65)[C@H]4C3=O)c2)ccc(Br)c1Cl. The van der Waals surface area contributed by atoms with Crippen molar-refractivity contribution in [1.29, 1.82) is 0 Å². The Bertz CT molecular complexity index is 1760. The second kappa shape index (κ2) is 10.5. The van der Waals surface area contributed by atoms with E-state index in [0.29, 0.717) is 26.4 Å². The van der Waals surface area contributed by atoms with Gasteiger partial charge in [0.1, 0.15) is 0 Å². The summed E-state index contributed by atoms with van der Waals surface area (Å²) in [6.45, 7) is 1.24. The van der Waals surface area contributed by atoms with Gasteiger partial charge in [0.15, 0.2) is 6.61 Å². The van der Waals surface area contributed by atoms with Gasteiger partial charge in [0, 0.05) is 22.0 Å². The molecule has 214 valence electrons. The Kier molecular flexibility index (Phi) is 6.71. The summed E-state index contributed by atoms with van der Waals surface area (Å²) in [5.74, 6) is -3.34. The Balaban J connectivity index is 1.12. The van der Waals surface area contributed by atoms with Crippen molar-refractivity contribution >= 4 is 62.6 Å². The Morgan fingerprint density at radius 3 is 1.95 bits per heavy atom. The Morgan fingerprint density at radius 2 is 1.40 bits per heavy atom. The average molecular weight is 656 g/mol. The molecule has 4 aromatic rings. The number of rotatable bonds is 5. The highest BCUT2D eigenvalue weighted by Crippen LogP contribution is 2.61. The van der Waals surface area contributed by atoms with Crippen LogP contribution in [0.5, 0.6) is 0 Å². The van der Waals surface area contributed by atoms with Gasteiger partial charge in [0.25, 0.3) is 5.91 Å². The van der Waals surface area contributed by atoms with Crippen LogP contribution in [0.15, 0.2) is 89.4 Å². The standard InChI is InChI=1S/C34H24BrClN2O5/c1-17-25(14-13-24(35)31(17)36)37-26(39)16-43-34(42)18-7-6-8-19(15-18)38-32(40)29-27-20-9-2-3-10-21(20)28(30(29)33(38)41)23-12-5-4-11-22(23)27/h2-15,27-30H,16H2,1H3,(H,37,39)/t27?,28?,29-,30-/m1/s1. The first-order valence-corrected chi connectivity index (χ1v) is 15.0. The second-order valence-corrected chi connectivity index (χ2v) is 12.2. The Morgan fingerprint density at radius 1 is 0.837 bits per heavy atom. The largest absolute Gasteiger partial charge is 0.452 e. The first-order valence-electron chi connectivity index (χ1n) is 13.8. The van der Waals surface area contributed by atoms with Crippen LogP contribution in [0.1, 0.15) is 50.0 Å². The van der Waals surface area contributed by atoms with Crippen molar-refractivity contribution in [2.24, 2.45) is 11.8 Å². The number of carbonyl (C=O) groups excluding carboxylic acids is 4. The number of anilines is 2. The number of benzene rings is 4. The van der Waals surface area contributed by atoms with Crippen LogP contribution in [-0.4, -0.2) is 30.3 Å². The first-order chi connectivity index (χ1) is 20.8. The molecule has 9 heteroatoms. The fraction of sp³-hybridized carbons (Fsp3) is 0.176. The maximum atomic E-state index is 14.0. The maximum Gasteiger partial charge on any atom is 0.338 e. The predicted molar refractivity (Wildman–Crippen MR) is 165 cm³/mol. The average Bonchev–Trinajstić information content (AvgIpc) is 3.30. The highest BCUT2D eigenvalue weighted by Gasteiger charge is 2.61. The summed E-state index contributed by atoms with van der Waals surface area (Å²) < 4.78 is 5.97. The summed E-state index contributed by atoms with van der Waals surface area (Å²) >= 11 is 9.57. The van der Waals surface area contributed by atoms with Crippen LogP contribution in [0.4, 0.5) is 11.4 Å². The molecule has 4 aromatic carbocycles. The van der Waals surface area contributed by atoms with Gasteiger partial charge in [0.2, 0.25) is 11.8 Å². The maximum absolute atomic E-state index is 14.0. The number of imide groups is 1. The van der Waals surface area contributed by atoms with Crippen LogP contribution in [-0.2, 0) is 19.1 Å². The van der Waals surface area contributed by atoms with Gasteiger partial charge >= 0.3 is 5.97 Å². The summed E-state index contributed by atoms with van der Waals surface area (Å²) in [5, 5.41) is 3.16. The molecule has 43 heavy (non-hydrogen) atoms. The number of hydrogen-bond donors (Lipinski definition) is 1. The molecule has 8 rings (SSSR count). The molecule has 1 N–H and O–H groups in total. The quantitative estimate of drug-likeness (QED) is 0.193. The molecule has 2 bridgehead atoms. The van der Waals surface area contributed by atoms with Crippen molar-refractivity contribution in [2.75, 3.05) is 16.8 Å². The molecule has 0 unspecified atom stereocenters. The Labute approximate surface area is 260 Å². The molecule has 2 atom stereocenters. The lowest BCUT2D eigenvalue weighted by Crippen LogP contribution is -2.41. The zero-order chi connectivity index (χ0) is 30.0. The van der Waals surface area contributed by atoms with Crippen molar-refractivity contribution < 1.29 is 23.9 Å². The first kappa shape index (κ1) is 27.6. The van der Waals surface area contributed by atoms with Crippen molar-refractivity contribution in [3.05, 3.63) is 128 Å². The third-order valence-electron chi connectivity index (χ3n) is 8.74. The summed E-state index contributed by atoms with van der Waals surface area (Å²) in [5.41, 5.74) is 5.95. The molecular formula is C34H24BrClN2O5. The molecule has 1 heterocycles. The predicted octanol–water partition coefficient (Wildman–Crippen LogP) is 6.60. The van der Waals surface area contributed by atoms with E-state index in [1.165, 1.54) is 17.0 Å². The van der Waals surface area contributed by atoms with E-state index in [-0.39, 0.29) is 29.2 Å². The van der Waals surface area contributed by atoms with Gasteiger partial charge < -0.3 is 10.1 Å². The highest BCUT2D eigenvalue weighted by atomic mass is 79.9. The summed E-state index contributed by atoms with van der Waals surface area (Å²) in [6, 6.07) is 25.7. The lowest BCUT2D eigenvalue weighted by atomic mass is 9.55. The third kappa shape index (κ3) is 4.31. The Hall–Kier alpha value is -4.27. The van der Waals surface area contributed by atoms with Gasteiger partial charge in [-0.2, -0.15) is 0 Å². The van der Waals surface area contributed by atoms with Gasteiger partial charge in [-0.05, 0) is 81.0 Å². The molecule has 4 aliphatic rings. The van der Waals surface area contributed by atoms with Crippen LogP contribution in [0, 0.1) is 18.8 Å². The van der Waals surface area contributed by atoms with Gasteiger partial charge in [-0.25, -0.2) is 9.69 Å². The number of hydrogen-bond acceptors (Lipinski definition) is 5. The molecule has 0 aromatic heterocycles. The number of carbonyl (C=O) groups is 4. The molecule has 3 aliphatic carbocycles. The zero-order valence-electron chi connectivity index (χ0n) is 22.8. The summed E-state index contributed by atoms with van der Waals surface area (Å²) in [6.07, 6.45) is 0. The van der Waals surface area contributed by atoms with Gasteiger partial charge in [-0.3, -0.25) is 14.4 Å². The molecular weight excluding hydrogens is 632 g/mol. The van der Waals surface area contributed by atoms with Gasteiger partial charge in [0.05, 0.1) is 28.1 Å². The van der Waals surface area contributed by atoms with E-state index >= 15 is 0 Å². The molecule has 1 fully saturated rings. The van der Waals surface area contributed by atoms with E-state index in [1.807, 2.05) is 24.3 Å². The number of nitrogens with one attached hydrogen (secondary N) is 1. The van der Waals surface area contributed by atoms with E-state index < -0.39 is 30.3 Å². The smallest absolute Gasteiger partial charge is 0.338 e. The summed E-state index contributed by atoms with van der Waals surface area (Å²) in [4.78, 5) is 54.7. The molecule has 0 saturated carbocycles. The minimum absolute atomic E-state index is 0.123. The molecule has 1 saturated heterocycles. The van der Waals surface area contributed by atoms with E-state index in [4.69, 9.17) is 16.3 Å². The lowest BCUT2D eigenvalue weighted by molar-refractivity contribution is -0.122. The minimum Gasteiger partial charge on any atom is -0.452 e. The fourth-order valence-corrected chi connectivity index (χ4v) is 7.49. The van der Waals surface area contributed by atoms with Crippen LogP contribution in [0.3, 0.4) is 0 Å². The van der Waals surface area contributed by atoms with E-state index in [1.54, 1.807) is 31.2 Å².